The van der Waals surface area contributed by atoms with Gasteiger partial charge in [0.25, 0.3) is 0 Å². The quantitative estimate of drug-likeness (QED) is 0.514. The molecule has 0 bridgehead atoms. The Morgan fingerprint density at radius 3 is 2.67 bits per heavy atom. The topological polar surface area (TPSA) is 73.2 Å². The van der Waals surface area contributed by atoms with Gasteiger partial charge in [-0.05, 0) is 6.54 Å². The zero-order chi connectivity index (χ0) is 15.3. The van der Waals surface area contributed by atoms with Gasteiger partial charge in [-0.2, -0.15) is 0 Å². The smallest absolute Gasteiger partial charge is 0.0964 e. The van der Waals surface area contributed by atoms with Gasteiger partial charge < -0.3 is 20.1 Å². The maximum atomic E-state index is 5.50. The van der Waals surface area contributed by atoms with Crippen LogP contribution in [0.15, 0.2) is 6.20 Å². The van der Waals surface area contributed by atoms with Gasteiger partial charge in [0.1, 0.15) is 0 Å². The molecule has 0 aliphatic carbocycles. The van der Waals surface area contributed by atoms with Gasteiger partial charge in [0, 0.05) is 25.3 Å². The van der Waals surface area contributed by atoms with E-state index in [1.165, 1.54) is 0 Å². The first-order valence-corrected chi connectivity index (χ1v) is 7.71. The number of aromatic nitrogens is 3. The van der Waals surface area contributed by atoms with Crippen LogP contribution in [0.5, 0.6) is 0 Å². The van der Waals surface area contributed by atoms with E-state index in [1.54, 1.807) is 0 Å². The minimum atomic E-state index is 0.450. The normalized spacial score (nSPS) is 11.4. The molecule has 7 heteroatoms. The summed E-state index contributed by atoms with van der Waals surface area (Å²) in [5.74, 6) is 0. The Bertz CT molecular complexity index is 357. The third-order valence-electron chi connectivity index (χ3n) is 2.79. The fourth-order valence-electron chi connectivity index (χ4n) is 1.64. The maximum Gasteiger partial charge on any atom is 0.0964 e. The SMILES string of the molecule is CCNCCOCCOCCn1cc(CNC(C)C)nn1. The first-order chi connectivity index (χ1) is 10.2. The predicted molar refractivity (Wildman–Crippen MR) is 82.2 cm³/mol. The molecule has 122 valence electrons. The molecular weight excluding hydrogens is 270 g/mol. The molecule has 0 radical (unpaired) electrons. The van der Waals surface area contributed by atoms with Crippen LogP contribution in [0.3, 0.4) is 0 Å². The Morgan fingerprint density at radius 1 is 1.19 bits per heavy atom. The highest BCUT2D eigenvalue weighted by Gasteiger charge is 2.01. The number of nitrogens with one attached hydrogen (secondary N) is 2. The van der Waals surface area contributed by atoms with Crippen molar-refractivity contribution in [3.8, 4) is 0 Å². The van der Waals surface area contributed by atoms with Gasteiger partial charge in [-0.25, -0.2) is 4.68 Å². The molecule has 1 aromatic rings. The molecular formula is C14H29N5O2. The molecule has 0 saturated carbocycles. The maximum absolute atomic E-state index is 5.50. The zero-order valence-electron chi connectivity index (χ0n) is 13.5. The summed E-state index contributed by atoms with van der Waals surface area (Å²) in [4.78, 5) is 0. The number of likely N-dealkylation sites (N-methyl/N-ethyl adjacent to an activating group) is 1. The lowest BCUT2D eigenvalue weighted by atomic mass is 10.3. The molecule has 1 aromatic heterocycles. The monoisotopic (exact) mass is 299 g/mol. The van der Waals surface area contributed by atoms with Crippen LogP contribution in [0.25, 0.3) is 0 Å². The Hall–Kier alpha value is -1.02. The number of rotatable bonds is 13. The van der Waals surface area contributed by atoms with Gasteiger partial charge >= 0.3 is 0 Å². The Morgan fingerprint density at radius 2 is 1.95 bits per heavy atom. The van der Waals surface area contributed by atoms with E-state index >= 15 is 0 Å². The Labute approximate surface area is 127 Å². The molecule has 7 nitrogen and oxygen atoms in total. The standard InChI is InChI=1S/C14H29N5O2/c1-4-15-5-7-20-9-10-21-8-6-19-12-14(17-18-19)11-16-13(2)3/h12-13,15-16H,4-11H2,1-3H3. The van der Waals surface area contributed by atoms with Crippen molar-refractivity contribution < 1.29 is 9.47 Å². The third-order valence-corrected chi connectivity index (χ3v) is 2.79. The van der Waals surface area contributed by atoms with Crippen molar-refractivity contribution in [2.24, 2.45) is 0 Å². The molecule has 21 heavy (non-hydrogen) atoms. The molecule has 0 amide bonds. The molecule has 0 aliphatic heterocycles. The summed E-state index contributed by atoms with van der Waals surface area (Å²) >= 11 is 0. The lowest BCUT2D eigenvalue weighted by molar-refractivity contribution is 0.0450. The van der Waals surface area contributed by atoms with Gasteiger partial charge in [-0.15, -0.1) is 5.10 Å². The molecule has 0 fully saturated rings. The number of nitrogens with zero attached hydrogens (tertiary/aromatic N) is 3. The van der Waals surface area contributed by atoms with E-state index in [9.17, 15) is 0 Å². The van der Waals surface area contributed by atoms with Crippen molar-refractivity contribution in [3.05, 3.63) is 11.9 Å². The molecule has 0 atom stereocenters. The molecule has 1 rings (SSSR count). The molecule has 1 heterocycles. The zero-order valence-corrected chi connectivity index (χ0v) is 13.5. The van der Waals surface area contributed by atoms with E-state index in [4.69, 9.17) is 9.47 Å². The minimum Gasteiger partial charge on any atom is -0.378 e. The number of ether oxygens (including phenoxy) is 2. The van der Waals surface area contributed by atoms with Gasteiger partial charge in [-0.3, -0.25) is 0 Å². The second-order valence-corrected chi connectivity index (χ2v) is 5.09. The summed E-state index contributed by atoms with van der Waals surface area (Å²) in [6.07, 6.45) is 1.95. The van der Waals surface area contributed by atoms with Crippen LogP contribution in [0.4, 0.5) is 0 Å². The molecule has 0 aromatic carbocycles. The molecule has 0 saturated heterocycles. The summed E-state index contributed by atoms with van der Waals surface area (Å²) in [6, 6.07) is 0.450. The lowest BCUT2D eigenvalue weighted by Gasteiger charge is -2.06. The fourth-order valence-corrected chi connectivity index (χ4v) is 1.64. The second-order valence-electron chi connectivity index (χ2n) is 5.09. The fraction of sp³-hybridized carbons (Fsp3) is 0.857. The predicted octanol–water partition coefficient (Wildman–Crippen LogP) is 0.419. The molecule has 0 unspecified atom stereocenters. The van der Waals surface area contributed by atoms with Crippen LogP contribution < -0.4 is 10.6 Å². The van der Waals surface area contributed by atoms with E-state index in [0.29, 0.717) is 32.4 Å². The average molecular weight is 299 g/mol. The highest BCUT2D eigenvalue weighted by atomic mass is 16.5. The summed E-state index contributed by atoms with van der Waals surface area (Å²) < 4.78 is 12.7. The average Bonchev–Trinajstić information content (AvgIpc) is 2.91. The van der Waals surface area contributed by atoms with Crippen molar-refractivity contribution in [2.75, 3.05) is 39.5 Å². The molecule has 2 N–H and O–H groups in total. The summed E-state index contributed by atoms with van der Waals surface area (Å²) in [5, 5.41) is 14.7. The Kier molecular flexibility index (Phi) is 9.98. The van der Waals surface area contributed by atoms with Crippen LogP contribution in [-0.2, 0) is 22.6 Å². The van der Waals surface area contributed by atoms with Crippen molar-refractivity contribution >= 4 is 0 Å². The Balaban J connectivity index is 1.97. The molecule has 0 aliphatic rings. The van der Waals surface area contributed by atoms with Crippen LogP contribution in [-0.4, -0.2) is 60.6 Å². The van der Waals surface area contributed by atoms with Crippen molar-refractivity contribution in [1.82, 2.24) is 25.6 Å². The number of hydrogen-bond acceptors (Lipinski definition) is 6. The van der Waals surface area contributed by atoms with Crippen molar-refractivity contribution in [3.63, 3.8) is 0 Å². The van der Waals surface area contributed by atoms with E-state index in [0.717, 1.165) is 31.9 Å². The second kappa shape index (κ2) is 11.6. The van der Waals surface area contributed by atoms with E-state index in [1.807, 2.05) is 10.9 Å². The van der Waals surface area contributed by atoms with E-state index < -0.39 is 0 Å². The minimum absolute atomic E-state index is 0.450. The van der Waals surface area contributed by atoms with Gasteiger partial charge in [0.05, 0.1) is 38.7 Å². The van der Waals surface area contributed by atoms with Crippen molar-refractivity contribution in [1.29, 1.82) is 0 Å². The van der Waals surface area contributed by atoms with Crippen molar-refractivity contribution in [2.45, 2.75) is 39.9 Å². The summed E-state index contributed by atoms with van der Waals surface area (Å²) in [5.41, 5.74) is 0.954. The first kappa shape index (κ1) is 18.0. The van der Waals surface area contributed by atoms with Crippen LogP contribution >= 0.6 is 0 Å². The lowest BCUT2D eigenvalue weighted by Crippen LogP contribution is -2.22. The third kappa shape index (κ3) is 9.52. The van der Waals surface area contributed by atoms with Gasteiger partial charge in [0.2, 0.25) is 0 Å². The summed E-state index contributed by atoms with van der Waals surface area (Å²) in [6.45, 7) is 12.2. The van der Waals surface area contributed by atoms with E-state index in [2.05, 4.69) is 41.7 Å². The highest BCUT2D eigenvalue weighted by molar-refractivity contribution is 4.91. The first-order valence-electron chi connectivity index (χ1n) is 7.71. The van der Waals surface area contributed by atoms with Crippen LogP contribution in [0, 0.1) is 0 Å². The van der Waals surface area contributed by atoms with Gasteiger partial charge in [-0.1, -0.05) is 26.0 Å². The number of hydrogen-bond donors (Lipinski definition) is 2. The highest BCUT2D eigenvalue weighted by Crippen LogP contribution is 1.94. The largest absolute Gasteiger partial charge is 0.378 e. The summed E-state index contributed by atoms with van der Waals surface area (Å²) in [7, 11) is 0. The molecule has 0 spiro atoms. The van der Waals surface area contributed by atoms with Crippen LogP contribution in [0.2, 0.25) is 0 Å². The van der Waals surface area contributed by atoms with Gasteiger partial charge in [0.15, 0.2) is 0 Å². The van der Waals surface area contributed by atoms with E-state index in [-0.39, 0.29) is 0 Å². The van der Waals surface area contributed by atoms with Crippen LogP contribution in [0.1, 0.15) is 26.5 Å².